The van der Waals surface area contributed by atoms with Crippen molar-refractivity contribution in [3.8, 4) is 0 Å². The molecule has 2 heterocycles. The van der Waals surface area contributed by atoms with Crippen LogP contribution in [0.3, 0.4) is 0 Å². The average Bonchev–Trinajstić information content (AvgIpc) is 2.87. The fourth-order valence-electron chi connectivity index (χ4n) is 2.25. The molecule has 1 aromatic rings. The Bertz CT molecular complexity index is 369. The summed E-state index contributed by atoms with van der Waals surface area (Å²) in [5, 5.41) is 13.2. The maximum atomic E-state index is 9.34. The van der Waals surface area contributed by atoms with Crippen molar-refractivity contribution in [3.05, 3.63) is 11.7 Å². The molecule has 0 radical (unpaired) electrons. The first-order valence-electron chi connectivity index (χ1n) is 6.44. The molecule has 0 saturated carbocycles. The number of aromatic nitrogens is 2. The molecule has 1 unspecified atom stereocenters. The van der Waals surface area contributed by atoms with Crippen molar-refractivity contribution in [1.82, 2.24) is 15.0 Å². The van der Waals surface area contributed by atoms with Gasteiger partial charge in [-0.3, -0.25) is 4.90 Å². The maximum absolute atomic E-state index is 9.34. The molecule has 2 atom stereocenters. The number of piperidine rings is 1. The molecular formula is C12H21N3O3. The molecular weight excluding hydrogens is 234 g/mol. The Balaban J connectivity index is 1.97. The standard InChI is InChI=1S/C12H21N3O3/c1-9(17-2)12-13-11(18-14-12)7-15-6-4-3-5-10(15)8-16/h9-10,16H,3-8H2,1-2H3/t9?,10-/m1/s1. The van der Waals surface area contributed by atoms with Gasteiger partial charge in [0, 0.05) is 13.2 Å². The van der Waals surface area contributed by atoms with Crippen LogP contribution in [0.2, 0.25) is 0 Å². The lowest BCUT2D eigenvalue weighted by atomic mass is 10.0. The van der Waals surface area contributed by atoms with Crippen LogP contribution in [-0.4, -0.2) is 46.5 Å². The summed E-state index contributed by atoms with van der Waals surface area (Å²) in [6.07, 6.45) is 3.22. The molecule has 1 aromatic heterocycles. The summed E-state index contributed by atoms with van der Waals surface area (Å²) in [6.45, 7) is 3.65. The lowest BCUT2D eigenvalue weighted by molar-refractivity contribution is 0.0748. The molecule has 0 spiro atoms. The quantitative estimate of drug-likeness (QED) is 0.850. The normalized spacial score (nSPS) is 23.2. The Morgan fingerprint density at radius 1 is 1.56 bits per heavy atom. The third-order valence-electron chi connectivity index (χ3n) is 3.50. The summed E-state index contributed by atoms with van der Waals surface area (Å²) in [5.74, 6) is 1.17. The van der Waals surface area contributed by atoms with Crippen LogP contribution >= 0.6 is 0 Å². The Labute approximate surface area is 107 Å². The highest BCUT2D eigenvalue weighted by molar-refractivity contribution is 4.91. The van der Waals surface area contributed by atoms with Gasteiger partial charge in [-0.05, 0) is 26.3 Å². The highest BCUT2D eigenvalue weighted by atomic mass is 16.5. The fourth-order valence-corrected chi connectivity index (χ4v) is 2.25. The molecule has 1 aliphatic heterocycles. The number of methoxy groups -OCH3 is 1. The molecule has 1 saturated heterocycles. The number of ether oxygens (including phenoxy) is 1. The SMILES string of the molecule is COC(C)c1noc(CN2CCCC[C@@H]2CO)n1. The monoisotopic (exact) mass is 255 g/mol. The van der Waals surface area contributed by atoms with Gasteiger partial charge in [0.25, 0.3) is 0 Å². The summed E-state index contributed by atoms with van der Waals surface area (Å²) in [4.78, 5) is 6.52. The predicted molar refractivity (Wildman–Crippen MR) is 64.9 cm³/mol. The third-order valence-corrected chi connectivity index (χ3v) is 3.50. The molecule has 1 N–H and O–H groups in total. The molecule has 6 heteroatoms. The van der Waals surface area contributed by atoms with E-state index in [1.165, 1.54) is 6.42 Å². The van der Waals surface area contributed by atoms with Crippen molar-refractivity contribution < 1.29 is 14.4 Å². The van der Waals surface area contributed by atoms with Gasteiger partial charge in [-0.2, -0.15) is 4.98 Å². The number of aliphatic hydroxyl groups is 1. The highest BCUT2D eigenvalue weighted by Gasteiger charge is 2.24. The third kappa shape index (κ3) is 3.07. The van der Waals surface area contributed by atoms with Crippen LogP contribution in [0.4, 0.5) is 0 Å². The number of nitrogens with zero attached hydrogens (tertiary/aromatic N) is 3. The van der Waals surface area contributed by atoms with E-state index in [4.69, 9.17) is 9.26 Å². The molecule has 1 fully saturated rings. The zero-order chi connectivity index (χ0) is 13.0. The molecule has 0 amide bonds. The van der Waals surface area contributed by atoms with Gasteiger partial charge in [0.1, 0.15) is 6.10 Å². The van der Waals surface area contributed by atoms with Gasteiger partial charge < -0.3 is 14.4 Å². The van der Waals surface area contributed by atoms with E-state index in [0.717, 1.165) is 19.4 Å². The Hall–Kier alpha value is -0.980. The fraction of sp³-hybridized carbons (Fsp3) is 0.833. The van der Waals surface area contributed by atoms with Gasteiger partial charge >= 0.3 is 0 Å². The van der Waals surface area contributed by atoms with Crippen molar-refractivity contribution in [1.29, 1.82) is 0 Å². The second kappa shape index (κ2) is 6.26. The maximum Gasteiger partial charge on any atom is 0.240 e. The Kier molecular flexibility index (Phi) is 4.68. The minimum absolute atomic E-state index is 0.155. The van der Waals surface area contributed by atoms with E-state index in [9.17, 15) is 5.11 Å². The predicted octanol–water partition coefficient (Wildman–Crippen LogP) is 1.12. The van der Waals surface area contributed by atoms with Gasteiger partial charge in [-0.25, -0.2) is 0 Å². The molecule has 18 heavy (non-hydrogen) atoms. The van der Waals surface area contributed by atoms with Gasteiger partial charge in [-0.15, -0.1) is 0 Å². The smallest absolute Gasteiger partial charge is 0.240 e. The van der Waals surface area contributed by atoms with Gasteiger partial charge in [0.2, 0.25) is 5.89 Å². The van der Waals surface area contributed by atoms with Crippen molar-refractivity contribution in [2.75, 3.05) is 20.3 Å². The van der Waals surface area contributed by atoms with Crippen LogP contribution in [-0.2, 0) is 11.3 Å². The molecule has 0 aliphatic carbocycles. The van der Waals surface area contributed by atoms with Crippen LogP contribution in [0.5, 0.6) is 0 Å². The summed E-state index contributed by atoms with van der Waals surface area (Å²) in [7, 11) is 1.62. The van der Waals surface area contributed by atoms with E-state index >= 15 is 0 Å². The first kappa shape index (κ1) is 13.5. The Morgan fingerprint density at radius 2 is 2.39 bits per heavy atom. The average molecular weight is 255 g/mol. The van der Waals surface area contributed by atoms with Crippen molar-refractivity contribution in [3.63, 3.8) is 0 Å². The number of rotatable bonds is 5. The minimum atomic E-state index is -0.155. The van der Waals surface area contributed by atoms with Crippen molar-refractivity contribution >= 4 is 0 Å². The summed E-state index contributed by atoms with van der Waals surface area (Å²) in [5.41, 5.74) is 0. The zero-order valence-electron chi connectivity index (χ0n) is 11.0. The van der Waals surface area contributed by atoms with E-state index in [0.29, 0.717) is 18.3 Å². The first-order chi connectivity index (χ1) is 8.74. The van der Waals surface area contributed by atoms with Crippen LogP contribution in [0.1, 0.15) is 44.0 Å². The zero-order valence-corrected chi connectivity index (χ0v) is 11.0. The van der Waals surface area contributed by atoms with Crippen LogP contribution in [0, 0.1) is 0 Å². The lowest BCUT2D eigenvalue weighted by Crippen LogP contribution is -2.41. The van der Waals surface area contributed by atoms with Crippen LogP contribution in [0.25, 0.3) is 0 Å². The van der Waals surface area contributed by atoms with Gasteiger partial charge in [-0.1, -0.05) is 11.6 Å². The molecule has 6 nitrogen and oxygen atoms in total. The second-order valence-electron chi connectivity index (χ2n) is 4.73. The summed E-state index contributed by atoms with van der Waals surface area (Å²) in [6, 6.07) is 0.217. The Morgan fingerprint density at radius 3 is 3.11 bits per heavy atom. The first-order valence-corrected chi connectivity index (χ1v) is 6.44. The van der Waals surface area contributed by atoms with E-state index in [-0.39, 0.29) is 18.8 Å². The van der Waals surface area contributed by atoms with E-state index < -0.39 is 0 Å². The van der Waals surface area contributed by atoms with E-state index in [1.807, 2.05) is 6.92 Å². The van der Waals surface area contributed by atoms with Crippen LogP contribution < -0.4 is 0 Å². The van der Waals surface area contributed by atoms with E-state index in [1.54, 1.807) is 7.11 Å². The van der Waals surface area contributed by atoms with Gasteiger partial charge in [0.05, 0.1) is 13.2 Å². The number of aliphatic hydroxyl groups excluding tert-OH is 1. The molecule has 1 aliphatic rings. The van der Waals surface area contributed by atoms with E-state index in [2.05, 4.69) is 15.0 Å². The highest BCUT2D eigenvalue weighted by Crippen LogP contribution is 2.19. The second-order valence-corrected chi connectivity index (χ2v) is 4.73. The number of hydrogen-bond acceptors (Lipinski definition) is 6. The topological polar surface area (TPSA) is 71.6 Å². The summed E-state index contributed by atoms with van der Waals surface area (Å²) < 4.78 is 10.4. The van der Waals surface area contributed by atoms with Gasteiger partial charge in [0.15, 0.2) is 5.82 Å². The molecule has 0 bridgehead atoms. The van der Waals surface area contributed by atoms with Crippen LogP contribution in [0.15, 0.2) is 4.52 Å². The molecule has 102 valence electrons. The lowest BCUT2D eigenvalue weighted by Gasteiger charge is -2.33. The van der Waals surface area contributed by atoms with Crippen molar-refractivity contribution in [2.24, 2.45) is 0 Å². The molecule has 2 rings (SSSR count). The van der Waals surface area contributed by atoms with Crippen molar-refractivity contribution in [2.45, 2.75) is 44.9 Å². The minimum Gasteiger partial charge on any atom is -0.395 e. The number of likely N-dealkylation sites (tertiary alicyclic amines) is 1. The number of hydrogen-bond donors (Lipinski definition) is 1. The summed E-state index contributed by atoms with van der Waals surface area (Å²) >= 11 is 0. The molecule has 0 aromatic carbocycles. The largest absolute Gasteiger partial charge is 0.395 e.